The van der Waals surface area contributed by atoms with E-state index in [1.165, 1.54) is 10.6 Å². The van der Waals surface area contributed by atoms with Gasteiger partial charge in [0.2, 0.25) is 27.8 Å². The van der Waals surface area contributed by atoms with E-state index >= 15 is 0 Å². The van der Waals surface area contributed by atoms with Gasteiger partial charge < -0.3 is 16.4 Å². The van der Waals surface area contributed by atoms with E-state index in [2.05, 4.69) is 15.6 Å². The molecule has 1 aliphatic carbocycles. The number of imidazole rings is 1. The van der Waals surface area contributed by atoms with Crippen molar-refractivity contribution in [3.8, 4) is 0 Å². The summed E-state index contributed by atoms with van der Waals surface area (Å²) >= 11 is 19.0. The number of nitrogens with two attached hydrogens (primary N) is 1. The fourth-order valence-electron chi connectivity index (χ4n) is 5.33. The first-order chi connectivity index (χ1) is 18.5. The van der Waals surface area contributed by atoms with E-state index in [1.807, 2.05) is 4.57 Å². The van der Waals surface area contributed by atoms with Crippen LogP contribution in [0, 0.1) is 5.92 Å². The molecule has 1 saturated heterocycles. The number of halogens is 3. The molecule has 1 aliphatic heterocycles. The third-order valence-electron chi connectivity index (χ3n) is 7.33. The Bertz CT molecular complexity index is 1480. The molecule has 2 aliphatic rings. The van der Waals surface area contributed by atoms with Gasteiger partial charge in [-0.2, -0.15) is 4.98 Å². The first-order valence-corrected chi connectivity index (χ1v) is 15.7. The number of sulfonamides is 1. The second-order valence-electron chi connectivity index (χ2n) is 10.1. The lowest BCUT2D eigenvalue weighted by Gasteiger charge is -2.31. The fourth-order valence-corrected chi connectivity index (χ4v) is 7.15. The van der Waals surface area contributed by atoms with Gasteiger partial charge in [-0.05, 0) is 50.7 Å². The minimum Gasteiger partial charge on any atom is -0.369 e. The van der Waals surface area contributed by atoms with Crippen LogP contribution < -0.4 is 16.4 Å². The number of carbonyl (C=O) groups excluding carboxylic acids is 1. The van der Waals surface area contributed by atoms with Gasteiger partial charge in [-0.15, -0.1) is 0 Å². The summed E-state index contributed by atoms with van der Waals surface area (Å²) in [5.41, 5.74) is 7.17. The number of benzene rings is 1. The summed E-state index contributed by atoms with van der Waals surface area (Å²) in [6.07, 6.45) is 7.10. The molecule has 1 saturated carbocycles. The Hall–Kier alpha value is -2.38. The van der Waals surface area contributed by atoms with Crippen LogP contribution in [-0.2, 0) is 14.8 Å². The second kappa shape index (κ2) is 11.2. The maximum absolute atomic E-state index is 12.1. The van der Waals surface area contributed by atoms with Crippen LogP contribution in [0.5, 0.6) is 0 Å². The number of hydrogen-bond donors (Lipinski definition) is 3. The highest BCUT2D eigenvalue weighted by atomic mass is 35.5. The molecular formula is C24H29Cl3N8O3S. The highest BCUT2D eigenvalue weighted by Crippen LogP contribution is 2.40. The number of nitrogens with one attached hydrogen (secondary N) is 2. The average Bonchev–Trinajstić information content (AvgIpc) is 3.23. The molecule has 4 N–H and O–H groups in total. The van der Waals surface area contributed by atoms with Gasteiger partial charge >= 0.3 is 0 Å². The Kier molecular flexibility index (Phi) is 8.12. The van der Waals surface area contributed by atoms with Gasteiger partial charge in [-0.3, -0.25) is 9.36 Å². The van der Waals surface area contributed by atoms with Gasteiger partial charge in [0.05, 0.1) is 28.2 Å². The lowest BCUT2D eigenvalue weighted by molar-refractivity contribution is -0.122. The van der Waals surface area contributed by atoms with Gasteiger partial charge in [0, 0.05) is 36.1 Å². The van der Waals surface area contributed by atoms with Crippen molar-refractivity contribution < 1.29 is 13.2 Å². The highest BCUT2D eigenvalue weighted by Gasteiger charge is 2.30. The average molecular weight is 616 g/mol. The summed E-state index contributed by atoms with van der Waals surface area (Å²) < 4.78 is 27.6. The fraction of sp³-hybridized carbons (Fsp3) is 0.500. The van der Waals surface area contributed by atoms with Crippen LogP contribution in [0.4, 0.5) is 17.6 Å². The van der Waals surface area contributed by atoms with E-state index in [0.717, 1.165) is 12.8 Å². The Morgan fingerprint density at radius 2 is 1.77 bits per heavy atom. The van der Waals surface area contributed by atoms with Crippen molar-refractivity contribution in [2.75, 3.05) is 30.0 Å². The molecule has 2 aromatic heterocycles. The number of carbonyl (C=O) groups is 1. The van der Waals surface area contributed by atoms with E-state index in [-0.39, 0.29) is 23.9 Å². The Morgan fingerprint density at radius 3 is 2.41 bits per heavy atom. The molecule has 0 radical (unpaired) electrons. The molecule has 2 fully saturated rings. The Morgan fingerprint density at radius 1 is 1.08 bits per heavy atom. The number of piperidine rings is 1. The monoisotopic (exact) mass is 614 g/mol. The standard InChI is InChI=1S/C24H29Cl3N8O3S/c1-39(37,38)34-8-2-3-15(12-34)30-23-29-11-19-22(33-23)35(16-6-4-13(5-7-16)21(28)36)24(31-19)32-20-17(26)9-14(25)10-18(20)27/h9-11,13,15-16H,2-8,12H2,1H3,(H2,28,36)(H,31,32)(H,29,30,33)/t13-,15-,16+/m1/s1. The molecule has 15 heteroatoms. The van der Waals surface area contributed by atoms with Gasteiger partial charge in [-0.25, -0.2) is 22.7 Å². The second-order valence-corrected chi connectivity index (χ2v) is 13.3. The highest BCUT2D eigenvalue weighted by molar-refractivity contribution is 7.88. The maximum Gasteiger partial charge on any atom is 0.225 e. The number of anilines is 3. The molecule has 0 spiro atoms. The zero-order chi connectivity index (χ0) is 27.9. The predicted octanol–water partition coefficient (Wildman–Crippen LogP) is 4.58. The van der Waals surface area contributed by atoms with Crippen molar-refractivity contribution in [1.82, 2.24) is 23.8 Å². The molecule has 3 heterocycles. The summed E-state index contributed by atoms with van der Waals surface area (Å²) in [5, 5.41) is 7.64. The molecule has 0 unspecified atom stereocenters. The zero-order valence-corrected chi connectivity index (χ0v) is 24.3. The summed E-state index contributed by atoms with van der Waals surface area (Å²) in [6, 6.07) is 3.04. The van der Waals surface area contributed by atoms with E-state index in [1.54, 1.807) is 18.3 Å². The molecule has 11 nitrogen and oxygen atoms in total. The smallest absolute Gasteiger partial charge is 0.225 e. The molecule has 1 atom stereocenters. The van der Waals surface area contributed by atoms with Gasteiger partial charge in [-0.1, -0.05) is 34.8 Å². The Labute approximate surface area is 241 Å². The molecular weight excluding hydrogens is 587 g/mol. The van der Waals surface area contributed by atoms with Crippen molar-refractivity contribution in [3.05, 3.63) is 33.4 Å². The molecule has 0 bridgehead atoms. The maximum atomic E-state index is 12.1. The molecule has 5 rings (SSSR count). The number of hydrogen-bond acceptors (Lipinski definition) is 8. The third-order valence-corrected chi connectivity index (χ3v) is 9.41. The van der Waals surface area contributed by atoms with Crippen molar-refractivity contribution in [3.63, 3.8) is 0 Å². The van der Waals surface area contributed by atoms with Crippen LogP contribution in [0.1, 0.15) is 44.6 Å². The molecule has 39 heavy (non-hydrogen) atoms. The Balaban J connectivity index is 1.50. The summed E-state index contributed by atoms with van der Waals surface area (Å²) in [6.45, 7) is 0.847. The third kappa shape index (κ3) is 6.19. The molecule has 3 aromatic rings. The first kappa shape index (κ1) is 28.2. The number of primary amides is 1. The van der Waals surface area contributed by atoms with Crippen molar-refractivity contribution >= 4 is 79.5 Å². The number of nitrogens with zero attached hydrogens (tertiary/aromatic N) is 5. The normalized spacial score (nSPS) is 22.6. The zero-order valence-electron chi connectivity index (χ0n) is 21.2. The number of aromatic nitrogens is 4. The first-order valence-electron chi connectivity index (χ1n) is 12.7. The molecule has 210 valence electrons. The van der Waals surface area contributed by atoms with Gasteiger partial charge in [0.1, 0.15) is 5.52 Å². The number of fused-ring (bicyclic) bond motifs is 1. The quantitative estimate of drug-likeness (QED) is 0.350. The largest absolute Gasteiger partial charge is 0.369 e. The lowest BCUT2D eigenvalue weighted by atomic mass is 9.85. The minimum atomic E-state index is -3.29. The SMILES string of the molecule is CS(=O)(=O)N1CCC[C@@H](Nc2ncc3nc(Nc4c(Cl)cc(Cl)cc4Cl)n([C@H]4CC[C@@H](C(N)=O)CC4)c3n2)C1. The van der Waals surface area contributed by atoms with Crippen molar-refractivity contribution in [1.29, 1.82) is 0 Å². The van der Waals surface area contributed by atoms with Crippen molar-refractivity contribution in [2.45, 2.75) is 50.6 Å². The van der Waals surface area contributed by atoms with Crippen LogP contribution >= 0.6 is 34.8 Å². The lowest BCUT2D eigenvalue weighted by Crippen LogP contribution is -2.44. The van der Waals surface area contributed by atoms with E-state index in [9.17, 15) is 13.2 Å². The summed E-state index contributed by atoms with van der Waals surface area (Å²) in [4.78, 5) is 25.8. The number of amides is 1. The van der Waals surface area contributed by atoms with Crippen molar-refractivity contribution in [2.24, 2.45) is 11.7 Å². The van der Waals surface area contributed by atoms with Crippen LogP contribution in [-0.4, -0.2) is 63.5 Å². The number of rotatable bonds is 7. The molecule has 1 amide bonds. The van der Waals surface area contributed by atoms with Gasteiger partial charge in [0.25, 0.3) is 0 Å². The van der Waals surface area contributed by atoms with Crippen LogP contribution in [0.15, 0.2) is 18.3 Å². The topological polar surface area (TPSA) is 148 Å². The summed E-state index contributed by atoms with van der Waals surface area (Å²) in [5.74, 6) is 0.407. The van der Waals surface area contributed by atoms with E-state index in [4.69, 9.17) is 50.5 Å². The summed E-state index contributed by atoms with van der Waals surface area (Å²) in [7, 11) is -3.29. The van der Waals surface area contributed by atoms with Gasteiger partial charge in [0.15, 0.2) is 5.65 Å². The van der Waals surface area contributed by atoms with E-state index in [0.29, 0.717) is 82.6 Å². The minimum absolute atomic E-state index is 0.0175. The van der Waals surface area contributed by atoms with E-state index < -0.39 is 10.0 Å². The predicted molar refractivity (Wildman–Crippen MR) is 153 cm³/mol. The van der Waals surface area contributed by atoms with Crippen LogP contribution in [0.25, 0.3) is 11.2 Å². The molecule has 1 aromatic carbocycles. The van der Waals surface area contributed by atoms with Crippen LogP contribution in [0.3, 0.4) is 0 Å². The van der Waals surface area contributed by atoms with Crippen LogP contribution in [0.2, 0.25) is 15.1 Å².